The molecule has 0 spiro atoms. The van der Waals surface area contributed by atoms with E-state index in [9.17, 15) is 14.4 Å². The van der Waals surface area contributed by atoms with Crippen LogP contribution in [0.4, 0.5) is 0 Å². The third kappa shape index (κ3) is 6.13. The summed E-state index contributed by atoms with van der Waals surface area (Å²) in [6.07, 6.45) is 5.13. The van der Waals surface area contributed by atoms with Gasteiger partial charge in [0.05, 0.1) is 27.5 Å². The molecule has 0 N–H and O–H groups in total. The van der Waals surface area contributed by atoms with Crippen molar-refractivity contribution in [2.45, 2.75) is 19.9 Å². The van der Waals surface area contributed by atoms with Crippen LogP contribution in [0, 0.1) is 0 Å². The van der Waals surface area contributed by atoms with Crippen LogP contribution in [0.5, 0.6) is 5.75 Å². The average Bonchev–Trinajstić information content (AvgIpc) is 3.60. The number of hydrogen-bond acceptors (Lipinski definition) is 8. The first-order chi connectivity index (χ1) is 22.2. The van der Waals surface area contributed by atoms with E-state index in [4.69, 9.17) is 26.2 Å². The van der Waals surface area contributed by atoms with E-state index < -0.39 is 18.0 Å². The van der Waals surface area contributed by atoms with Gasteiger partial charge in [0.15, 0.2) is 4.80 Å². The van der Waals surface area contributed by atoms with Crippen molar-refractivity contribution in [1.82, 2.24) is 14.3 Å². The first kappa shape index (κ1) is 30.7. The summed E-state index contributed by atoms with van der Waals surface area (Å²) in [5, 5.41) is 5.45. The van der Waals surface area contributed by atoms with Crippen LogP contribution in [0.25, 0.3) is 23.0 Å². The SMILES string of the molecule is C=CCOC(=O)C1=C(C)N=c2s/c(=C\c3cn(-c4ccccc4)nc3-c3ccc(Cl)cc3)c(=O)n2C1c1ccc(OC(C)=O)cc1. The number of thiazole rings is 1. The van der Waals surface area contributed by atoms with E-state index in [0.717, 1.165) is 11.3 Å². The Labute approximate surface area is 272 Å². The summed E-state index contributed by atoms with van der Waals surface area (Å²) in [4.78, 5) is 44.2. The molecule has 2 aromatic heterocycles. The van der Waals surface area contributed by atoms with E-state index in [2.05, 4.69) is 11.6 Å². The first-order valence-corrected chi connectivity index (χ1v) is 15.4. The number of esters is 2. The maximum absolute atomic E-state index is 14.2. The molecule has 1 aliphatic rings. The number of para-hydroxylation sites is 1. The fraction of sp³-hybridized carbons (Fsp3) is 0.114. The van der Waals surface area contributed by atoms with Crippen molar-refractivity contribution in [2.75, 3.05) is 6.61 Å². The van der Waals surface area contributed by atoms with Gasteiger partial charge in [0.2, 0.25) is 0 Å². The Bertz CT molecular complexity index is 2180. The van der Waals surface area contributed by atoms with Crippen LogP contribution in [-0.2, 0) is 14.3 Å². The Balaban J connectivity index is 1.53. The number of carbonyl (C=O) groups is 2. The van der Waals surface area contributed by atoms with Gasteiger partial charge in [-0.1, -0.05) is 78.1 Å². The van der Waals surface area contributed by atoms with Crippen LogP contribution in [0.1, 0.15) is 31.0 Å². The van der Waals surface area contributed by atoms with Crippen molar-refractivity contribution >= 4 is 41.0 Å². The maximum Gasteiger partial charge on any atom is 0.338 e. The van der Waals surface area contributed by atoms with Crippen LogP contribution in [0.3, 0.4) is 0 Å². The highest BCUT2D eigenvalue weighted by Crippen LogP contribution is 2.32. The van der Waals surface area contributed by atoms with E-state index in [0.29, 0.717) is 42.6 Å². The Morgan fingerprint density at radius 1 is 1.04 bits per heavy atom. The minimum absolute atomic E-state index is 0.00295. The quantitative estimate of drug-likeness (QED) is 0.127. The Hall–Kier alpha value is -5.32. The number of hydrogen-bond donors (Lipinski definition) is 0. The molecule has 0 saturated heterocycles. The zero-order chi connectivity index (χ0) is 32.4. The maximum atomic E-state index is 14.2. The first-order valence-electron chi connectivity index (χ1n) is 14.2. The molecule has 6 rings (SSSR count). The predicted octanol–water partition coefficient (Wildman–Crippen LogP) is 5.40. The monoisotopic (exact) mass is 650 g/mol. The molecule has 46 heavy (non-hydrogen) atoms. The average molecular weight is 651 g/mol. The van der Waals surface area contributed by atoms with E-state index in [1.54, 1.807) is 54.1 Å². The van der Waals surface area contributed by atoms with Crippen LogP contribution in [0.15, 0.2) is 119 Å². The number of fused-ring (bicyclic) bond motifs is 1. The summed E-state index contributed by atoms with van der Waals surface area (Å²) in [5.74, 6) is -0.734. The molecule has 0 fully saturated rings. The molecule has 0 bridgehead atoms. The summed E-state index contributed by atoms with van der Waals surface area (Å²) in [6.45, 7) is 6.65. The summed E-state index contributed by atoms with van der Waals surface area (Å²) < 4.78 is 14.3. The van der Waals surface area contributed by atoms with Gasteiger partial charge in [-0.25, -0.2) is 14.5 Å². The van der Waals surface area contributed by atoms with Crippen molar-refractivity contribution in [3.05, 3.63) is 145 Å². The number of rotatable bonds is 8. The molecule has 3 heterocycles. The van der Waals surface area contributed by atoms with Crippen molar-refractivity contribution in [3.63, 3.8) is 0 Å². The third-order valence-corrected chi connectivity index (χ3v) is 8.43. The molecular formula is C35H27ClN4O5S. The zero-order valence-corrected chi connectivity index (χ0v) is 26.4. The summed E-state index contributed by atoms with van der Waals surface area (Å²) in [7, 11) is 0. The topological polar surface area (TPSA) is 105 Å². The lowest BCUT2D eigenvalue weighted by Crippen LogP contribution is -2.39. The molecule has 0 aliphatic carbocycles. The molecule has 1 atom stereocenters. The van der Waals surface area contributed by atoms with Crippen LogP contribution in [0.2, 0.25) is 5.02 Å². The Kier molecular flexibility index (Phi) is 8.65. The number of nitrogens with zero attached hydrogens (tertiary/aromatic N) is 4. The minimum Gasteiger partial charge on any atom is -0.458 e. The van der Waals surface area contributed by atoms with Gasteiger partial charge in [-0.2, -0.15) is 5.10 Å². The van der Waals surface area contributed by atoms with Crippen molar-refractivity contribution in [3.8, 4) is 22.7 Å². The van der Waals surface area contributed by atoms with Gasteiger partial charge in [0.1, 0.15) is 18.1 Å². The molecule has 1 aliphatic heterocycles. The minimum atomic E-state index is -0.843. The third-order valence-electron chi connectivity index (χ3n) is 7.20. The predicted molar refractivity (Wildman–Crippen MR) is 177 cm³/mol. The van der Waals surface area contributed by atoms with Crippen molar-refractivity contribution in [1.29, 1.82) is 0 Å². The number of benzene rings is 3. The molecular weight excluding hydrogens is 624 g/mol. The molecule has 9 nitrogen and oxygen atoms in total. The smallest absolute Gasteiger partial charge is 0.338 e. The van der Waals surface area contributed by atoms with Gasteiger partial charge in [0.25, 0.3) is 5.56 Å². The number of carbonyl (C=O) groups excluding carboxylic acids is 2. The lowest BCUT2D eigenvalue weighted by Gasteiger charge is -2.24. The molecule has 3 aromatic carbocycles. The number of halogens is 1. The number of aromatic nitrogens is 3. The number of ether oxygens (including phenoxy) is 2. The standard InChI is InChI=1S/C35H27ClN4O5S/c1-4-18-44-34(43)30-21(2)37-35-40(32(30)24-12-16-28(17-13-24)45-22(3)41)33(42)29(46-35)19-25-20-39(27-8-6-5-7-9-27)38-31(25)23-10-14-26(36)15-11-23/h4-17,19-20,32H,1,18H2,2-3H3/b29-19-. The molecule has 1 unspecified atom stereocenters. The second-order valence-corrected chi connectivity index (χ2v) is 11.8. The second kappa shape index (κ2) is 13.0. The molecule has 230 valence electrons. The highest BCUT2D eigenvalue weighted by Gasteiger charge is 2.33. The fourth-order valence-corrected chi connectivity index (χ4v) is 6.34. The second-order valence-electron chi connectivity index (χ2n) is 10.4. The summed E-state index contributed by atoms with van der Waals surface area (Å²) in [5.41, 5.74) is 3.97. The van der Waals surface area contributed by atoms with Crippen molar-refractivity contribution in [2.24, 2.45) is 4.99 Å². The summed E-state index contributed by atoms with van der Waals surface area (Å²) >= 11 is 7.38. The van der Waals surface area contributed by atoms with E-state index in [-0.39, 0.29) is 17.7 Å². The summed E-state index contributed by atoms with van der Waals surface area (Å²) in [6, 6.07) is 22.8. The van der Waals surface area contributed by atoms with Gasteiger partial charge < -0.3 is 9.47 Å². The van der Waals surface area contributed by atoms with Gasteiger partial charge >= 0.3 is 11.9 Å². The Morgan fingerprint density at radius 2 is 1.76 bits per heavy atom. The molecule has 0 amide bonds. The zero-order valence-electron chi connectivity index (χ0n) is 24.8. The van der Waals surface area contributed by atoms with Crippen LogP contribution < -0.4 is 19.6 Å². The largest absolute Gasteiger partial charge is 0.458 e. The molecule has 11 heteroatoms. The van der Waals surface area contributed by atoms with Crippen molar-refractivity contribution < 1.29 is 19.1 Å². The number of allylic oxidation sites excluding steroid dienone is 1. The van der Waals surface area contributed by atoms with Crippen LogP contribution >= 0.6 is 22.9 Å². The highest BCUT2D eigenvalue weighted by atomic mass is 35.5. The fourth-order valence-electron chi connectivity index (χ4n) is 5.17. The van der Waals surface area contributed by atoms with E-state index in [1.807, 2.05) is 48.7 Å². The van der Waals surface area contributed by atoms with Gasteiger partial charge in [-0.15, -0.1) is 0 Å². The van der Waals surface area contributed by atoms with Crippen LogP contribution in [-0.4, -0.2) is 32.9 Å². The highest BCUT2D eigenvalue weighted by molar-refractivity contribution is 7.07. The van der Waals surface area contributed by atoms with Gasteiger partial charge in [-0.3, -0.25) is 14.2 Å². The lowest BCUT2D eigenvalue weighted by atomic mass is 9.96. The molecule has 0 radical (unpaired) electrons. The van der Waals surface area contributed by atoms with E-state index >= 15 is 0 Å². The van der Waals surface area contributed by atoms with E-state index in [1.165, 1.54) is 28.9 Å². The lowest BCUT2D eigenvalue weighted by molar-refractivity contribution is -0.138. The van der Waals surface area contributed by atoms with Gasteiger partial charge in [-0.05, 0) is 55.0 Å². The molecule has 5 aromatic rings. The molecule has 0 saturated carbocycles. The Morgan fingerprint density at radius 3 is 2.43 bits per heavy atom. The van der Waals surface area contributed by atoms with Gasteiger partial charge in [0, 0.05) is 29.3 Å². The normalized spacial score (nSPS) is 14.4.